The third-order valence-corrected chi connectivity index (χ3v) is 1.81. The first kappa shape index (κ1) is 13.5. The van der Waals surface area contributed by atoms with Crippen LogP contribution >= 0.6 is 0 Å². The zero-order chi connectivity index (χ0) is 10.8. The number of nitrogens with one attached hydrogen (secondary N) is 1. The Hall–Kier alpha value is -0.450. The number of ether oxygens (including phenoxy) is 1. The fraction of sp³-hybridized carbons (Fsp3) is 0.900. The molecule has 1 atom stereocenters. The van der Waals surface area contributed by atoms with Crippen molar-refractivity contribution in [2.75, 3.05) is 20.8 Å². The van der Waals surface area contributed by atoms with E-state index in [1.807, 2.05) is 0 Å². The Kier molecular flexibility index (Phi) is 8.83. The molecule has 0 amide bonds. The molecule has 0 bridgehead atoms. The van der Waals surface area contributed by atoms with Crippen molar-refractivity contribution in [3.63, 3.8) is 0 Å². The fourth-order valence-electron chi connectivity index (χ4n) is 0.902. The summed E-state index contributed by atoms with van der Waals surface area (Å²) in [5.74, 6) is 0. The van der Waals surface area contributed by atoms with Gasteiger partial charge in [-0.2, -0.15) is 0 Å². The maximum atomic E-state index is 9.94. The molecule has 0 spiro atoms. The van der Waals surface area contributed by atoms with Crippen molar-refractivity contribution in [2.45, 2.75) is 37.8 Å². The molecule has 1 aliphatic carbocycles. The second-order valence-corrected chi connectivity index (χ2v) is 3.48. The Morgan fingerprint density at radius 2 is 1.86 bits per heavy atom. The molecule has 2 fully saturated rings. The maximum Gasteiger partial charge on any atom is 0.136 e. The lowest BCUT2D eigenvalue weighted by atomic mass is 10.2. The molecule has 1 saturated heterocycles. The van der Waals surface area contributed by atoms with E-state index in [0.717, 1.165) is 38.5 Å². The van der Waals surface area contributed by atoms with Gasteiger partial charge in [0.15, 0.2) is 0 Å². The van der Waals surface area contributed by atoms with E-state index in [1.54, 1.807) is 14.2 Å². The number of hydrogen-bond acceptors (Lipinski definition) is 4. The number of aliphatic hydroxyl groups excluding tert-OH is 1. The number of carbonyl (C=O) groups is 1. The average molecular weight is 203 g/mol. The third kappa shape index (κ3) is 9.64. The van der Waals surface area contributed by atoms with Crippen molar-refractivity contribution in [3.8, 4) is 0 Å². The van der Waals surface area contributed by atoms with Crippen molar-refractivity contribution in [2.24, 2.45) is 0 Å². The Labute approximate surface area is 85.6 Å². The van der Waals surface area contributed by atoms with Crippen LogP contribution in [0.5, 0.6) is 0 Å². The van der Waals surface area contributed by atoms with Crippen LogP contribution < -0.4 is 5.32 Å². The summed E-state index contributed by atoms with van der Waals surface area (Å²) in [7, 11) is 3.25. The third-order valence-electron chi connectivity index (χ3n) is 1.81. The molecule has 4 heteroatoms. The normalized spacial score (nSPS) is 24.1. The van der Waals surface area contributed by atoms with E-state index in [1.165, 1.54) is 0 Å². The monoisotopic (exact) mass is 203 g/mol. The van der Waals surface area contributed by atoms with Gasteiger partial charge in [0.1, 0.15) is 6.29 Å². The zero-order valence-electron chi connectivity index (χ0n) is 9.03. The van der Waals surface area contributed by atoms with Crippen molar-refractivity contribution < 1.29 is 14.6 Å². The van der Waals surface area contributed by atoms with Crippen molar-refractivity contribution in [1.82, 2.24) is 5.32 Å². The molecule has 1 aliphatic heterocycles. The maximum absolute atomic E-state index is 9.94. The number of carbonyl (C=O) groups excluding carboxylic acids is 1. The highest BCUT2D eigenvalue weighted by Gasteiger charge is 2.15. The van der Waals surface area contributed by atoms with Crippen LogP contribution in [-0.2, 0) is 9.53 Å². The minimum atomic E-state index is 0.0833. The molecular formula is C10H21NO3. The molecule has 2 rings (SSSR count). The summed E-state index contributed by atoms with van der Waals surface area (Å²) in [5.41, 5.74) is 0. The molecule has 4 nitrogen and oxygen atoms in total. The molecule has 0 aromatic carbocycles. The van der Waals surface area contributed by atoms with Gasteiger partial charge in [-0.3, -0.25) is 0 Å². The molecule has 2 N–H and O–H groups in total. The highest BCUT2D eigenvalue weighted by molar-refractivity contribution is 5.57. The molecule has 0 aromatic heterocycles. The second kappa shape index (κ2) is 9.12. The predicted octanol–water partition coefficient (Wildman–Crippen LogP) is 0.341. The average Bonchev–Trinajstić information content (AvgIpc) is 2.79. The summed E-state index contributed by atoms with van der Waals surface area (Å²) in [6.45, 7) is 1.02. The van der Waals surface area contributed by atoms with Crippen LogP contribution in [0, 0.1) is 0 Å². The molecule has 14 heavy (non-hydrogen) atoms. The molecule has 0 aromatic rings. The van der Waals surface area contributed by atoms with E-state index >= 15 is 0 Å². The Bertz CT molecular complexity index is 131. The molecule has 1 heterocycles. The Morgan fingerprint density at radius 1 is 1.36 bits per heavy atom. The van der Waals surface area contributed by atoms with Gasteiger partial charge in [-0.05, 0) is 32.2 Å². The summed E-state index contributed by atoms with van der Waals surface area (Å²) in [6, 6.07) is 0.167. The standard InChI is InChI=1S/C5H9NO.C3H6O.C2H6O/c7-4-5-2-1-3-6-5;4-3-1-2-3;1-3-2/h4-6H,1-3H2;3-4H,1-2H2;1-2H3. The van der Waals surface area contributed by atoms with E-state index in [4.69, 9.17) is 5.11 Å². The summed E-state index contributed by atoms with van der Waals surface area (Å²) in [6.07, 6.45) is 5.33. The quantitative estimate of drug-likeness (QED) is 0.603. The van der Waals surface area contributed by atoms with Gasteiger partial charge >= 0.3 is 0 Å². The number of rotatable bonds is 1. The van der Waals surface area contributed by atoms with Gasteiger partial charge in [-0.1, -0.05) is 0 Å². The van der Waals surface area contributed by atoms with Gasteiger partial charge in [0, 0.05) is 14.2 Å². The molecule has 1 unspecified atom stereocenters. The summed E-state index contributed by atoms with van der Waals surface area (Å²) in [4.78, 5) is 9.94. The molecule has 84 valence electrons. The fourth-order valence-corrected chi connectivity index (χ4v) is 0.902. The summed E-state index contributed by atoms with van der Waals surface area (Å²) in [5, 5.41) is 11.2. The first-order valence-corrected chi connectivity index (χ1v) is 5.01. The van der Waals surface area contributed by atoms with E-state index in [2.05, 4.69) is 10.1 Å². The van der Waals surface area contributed by atoms with Crippen LogP contribution in [-0.4, -0.2) is 44.3 Å². The number of aliphatic hydroxyl groups is 1. The highest BCUT2D eigenvalue weighted by atomic mass is 16.4. The van der Waals surface area contributed by atoms with Gasteiger partial charge in [-0.25, -0.2) is 0 Å². The van der Waals surface area contributed by atoms with Crippen LogP contribution in [0.15, 0.2) is 0 Å². The van der Waals surface area contributed by atoms with E-state index < -0.39 is 0 Å². The van der Waals surface area contributed by atoms with Crippen LogP contribution in [0.2, 0.25) is 0 Å². The smallest absolute Gasteiger partial charge is 0.136 e. The van der Waals surface area contributed by atoms with Gasteiger partial charge in [0.25, 0.3) is 0 Å². The van der Waals surface area contributed by atoms with Crippen LogP contribution in [0.25, 0.3) is 0 Å². The van der Waals surface area contributed by atoms with Crippen molar-refractivity contribution in [1.29, 1.82) is 0 Å². The molecule has 2 aliphatic rings. The second-order valence-electron chi connectivity index (χ2n) is 3.48. The van der Waals surface area contributed by atoms with E-state index in [9.17, 15) is 4.79 Å². The van der Waals surface area contributed by atoms with Crippen molar-refractivity contribution in [3.05, 3.63) is 0 Å². The van der Waals surface area contributed by atoms with Crippen LogP contribution in [0.1, 0.15) is 25.7 Å². The lowest BCUT2D eigenvalue weighted by Gasteiger charge is -1.93. The van der Waals surface area contributed by atoms with Crippen LogP contribution in [0.4, 0.5) is 0 Å². The number of methoxy groups -OCH3 is 1. The zero-order valence-corrected chi connectivity index (χ0v) is 9.03. The Balaban J connectivity index is 0.000000206. The van der Waals surface area contributed by atoms with Gasteiger partial charge in [-0.15, -0.1) is 0 Å². The van der Waals surface area contributed by atoms with Crippen molar-refractivity contribution >= 4 is 6.29 Å². The lowest BCUT2D eigenvalue weighted by Crippen LogP contribution is -2.21. The molecule has 1 saturated carbocycles. The number of aldehydes is 1. The summed E-state index contributed by atoms with van der Waals surface area (Å²) >= 11 is 0. The first-order chi connectivity index (χ1) is 6.74. The topological polar surface area (TPSA) is 58.6 Å². The largest absolute Gasteiger partial charge is 0.393 e. The van der Waals surface area contributed by atoms with Gasteiger partial charge in [0.05, 0.1) is 12.1 Å². The van der Waals surface area contributed by atoms with E-state index in [-0.39, 0.29) is 12.1 Å². The first-order valence-electron chi connectivity index (χ1n) is 5.01. The van der Waals surface area contributed by atoms with Gasteiger partial charge < -0.3 is 20.0 Å². The minimum absolute atomic E-state index is 0.0833. The Morgan fingerprint density at radius 3 is 2.00 bits per heavy atom. The summed E-state index contributed by atoms with van der Waals surface area (Å²) < 4.78 is 4.25. The van der Waals surface area contributed by atoms with Gasteiger partial charge in [0.2, 0.25) is 0 Å². The van der Waals surface area contributed by atoms with Crippen LogP contribution in [0.3, 0.4) is 0 Å². The minimum Gasteiger partial charge on any atom is -0.393 e. The molecular weight excluding hydrogens is 182 g/mol. The molecule has 0 radical (unpaired) electrons. The number of hydrogen-bond donors (Lipinski definition) is 2. The SMILES string of the molecule is COC.O=CC1CCCN1.OC1CC1. The van der Waals surface area contributed by atoms with E-state index in [0.29, 0.717) is 0 Å². The highest BCUT2D eigenvalue weighted by Crippen LogP contribution is 2.16. The predicted molar refractivity (Wildman–Crippen MR) is 55.3 cm³/mol. The lowest BCUT2D eigenvalue weighted by molar-refractivity contribution is -0.109.